The smallest absolute Gasteiger partial charge is 0.410 e. The van der Waals surface area contributed by atoms with E-state index < -0.39 is 12.2 Å². The van der Waals surface area contributed by atoms with E-state index in [2.05, 4.69) is 45.3 Å². The van der Waals surface area contributed by atoms with Gasteiger partial charge in [-0.3, -0.25) is 0 Å². The molecule has 1 aliphatic rings. The van der Waals surface area contributed by atoms with E-state index in [0.29, 0.717) is 18.0 Å². The van der Waals surface area contributed by atoms with Crippen molar-refractivity contribution in [3.8, 4) is 11.5 Å². The Balaban J connectivity index is 1.59. The molecule has 2 amide bonds. The topological polar surface area (TPSA) is 76.7 Å². The number of hydrogen-bond acceptors (Lipinski definition) is 4. The Kier molecular flexibility index (Phi) is 9.41. The molecule has 1 saturated carbocycles. The summed E-state index contributed by atoms with van der Waals surface area (Å²) in [5.74, 6) is 1.22. The molecule has 6 heteroatoms. The first kappa shape index (κ1) is 27.6. The summed E-state index contributed by atoms with van der Waals surface area (Å²) >= 11 is 0. The average Bonchev–Trinajstić information content (AvgIpc) is 2.79. The highest BCUT2D eigenvalue weighted by Crippen LogP contribution is 2.45. The van der Waals surface area contributed by atoms with Crippen LogP contribution < -0.4 is 20.1 Å². The lowest BCUT2D eigenvalue weighted by Gasteiger charge is -2.46. The molecule has 1 aliphatic carbocycles. The van der Waals surface area contributed by atoms with Crippen LogP contribution in [-0.4, -0.2) is 24.8 Å². The Bertz CT molecular complexity index is 1040. The number of rotatable bonds is 9. The van der Waals surface area contributed by atoms with Gasteiger partial charge in [0.2, 0.25) is 0 Å². The number of para-hydroxylation sites is 2. The van der Waals surface area contributed by atoms with E-state index in [1.54, 1.807) is 0 Å². The minimum atomic E-state index is -0.445. The van der Waals surface area contributed by atoms with Crippen molar-refractivity contribution in [3.05, 3.63) is 59.7 Å². The summed E-state index contributed by atoms with van der Waals surface area (Å²) in [5, 5.41) is 6.07. The molecular weight excluding hydrogens is 452 g/mol. The molecular formula is C30H42N2O4. The number of aryl methyl sites for hydroxylation is 2. The van der Waals surface area contributed by atoms with Crippen LogP contribution in [0.4, 0.5) is 9.59 Å². The average molecular weight is 495 g/mol. The number of benzene rings is 2. The maximum atomic E-state index is 12.8. The molecule has 6 nitrogen and oxygen atoms in total. The minimum absolute atomic E-state index is 0.00434. The maximum Gasteiger partial charge on any atom is 0.412 e. The second-order valence-electron chi connectivity index (χ2n) is 11.2. The zero-order valence-electron chi connectivity index (χ0n) is 22.5. The van der Waals surface area contributed by atoms with E-state index in [4.69, 9.17) is 9.47 Å². The molecule has 0 aliphatic heterocycles. The van der Waals surface area contributed by atoms with Crippen molar-refractivity contribution in [3.63, 3.8) is 0 Å². The second kappa shape index (κ2) is 12.3. The number of carbonyl (C=O) groups excluding carboxylic acids is 2. The van der Waals surface area contributed by atoms with Gasteiger partial charge in [-0.25, -0.2) is 9.59 Å². The Morgan fingerprint density at radius 2 is 1.36 bits per heavy atom. The van der Waals surface area contributed by atoms with Crippen molar-refractivity contribution in [1.29, 1.82) is 0 Å². The lowest BCUT2D eigenvalue weighted by atomic mass is 9.62. The predicted molar refractivity (Wildman–Crippen MR) is 144 cm³/mol. The number of hydrogen-bond donors (Lipinski definition) is 2. The first-order valence-electron chi connectivity index (χ1n) is 13.2. The fraction of sp³-hybridized carbons (Fsp3) is 0.533. The van der Waals surface area contributed by atoms with Crippen molar-refractivity contribution in [2.24, 2.45) is 10.8 Å². The van der Waals surface area contributed by atoms with Crippen LogP contribution in [0.2, 0.25) is 0 Å². The van der Waals surface area contributed by atoms with Gasteiger partial charge in [0, 0.05) is 12.6 Å². The van der Waals surface area contributed by atoms with Crippen LogP contribution >= 0.6 is 0 Å². The van der Waals surface area contributed by atoms with Crippen LogP contribution in [0.25, 0.3) is 0 Å². The molecule has 1 fully saturated rings. The lowest BCUT2D eigenvalue weighted by Crippen LogP contribution is -2.51. The van der Waals surface area contributed by atoms with Gasteiger partial charge >= 0.3 is 12.2 Å². The van der Waals surface area contributed by atoms with Crippen molar-refractivity contribution in [1.82, 2.24) is 10.6 Å². The van der Waals surface area contributed by atoms with Gasteiger partial charge in [0.25, 0.3) is 0 Å². The number of nitrogens with one attached hydrogen (secondary N) is 2. The predicted octanol–water partition coefficient (Wildman–Crippen LogP) is 7.05. The van der Waals surface area contributed by atoms with Gasteiger partial charge in [0.15, 0.2) is 0 Å². The maximum absolute atomic E-state index is 12.8. The van der Waals surface area contributed by atoms with Crippen molar-refractivity contribution in [2.45, 2.75) is 85.6 Å². The first-order chi connectivity index (χ1) is 17.1. The highest BCUT2D eigenvalue weighted by molar-refractivity contribution is 5.71. The van der Waals surface area contributed by atoms with Gasteiger partial charge in [0.05, 0.1) is 0 Å². The Morgan fingerprint density at radius 1 is 0.833 bits per heavy atom. The minimum Gasteiger partial charge on any atom is -0.410 e. The van der Waals surface area contributed by atoms with E-state index in [1.165, 1.54) is 0 Å². The van der Waals surface area contributed by atoms with Crippen molar-refractivity contribution in [2.75, 3.05) is 6.54 Å². The summed E-state index contributed by atoms with van der Waals surface area (Å²) < 4.78 is 11.3. The molecule has 0 aromatic heterocycles. The Morgan fingerprint density at radius 3 is 1.92 bits per heavy atom. The highest BCUT2D eigenvalue weighted by atomic mass is 16.6. The molecule has 2 N–H and O–H groups in total. The zero-order chi connectivity index (χ0) is 26.2. The number of carbonyl (C=O) groups is 2. The highest BCUT2D eigenvalue weighted by Gasteiger charge is 2.42. The monoisotopic (exact) mass is 494 g/mol. The van der Waals surface area contributed by atoms with Crippen molar-refractivity contribution >= 4 is 12.2 Å². The molecule has 0 radical (unpaired) electrons. The molecule has 36 heavy (non-hydrogen) atoms. The molecule has 2 atom stereocenters. The van der Waals surface area contributed by atoms with Crippen LogP contribution in [0.1, 0.15) is 77.8 Å². The standard InChI is InChI=1S/C30H42N2O4/c1-6-12-22-14-8-10-16-25(22)35-27(33)31-21-30(5)19-24(18-29(3,4)20-30)32-28(34)36-26-17-11-9-15-23(26)13-7-2/h8-11,14-17,24H,6-7,12-13,18-21H2,1-5H3,(H,31,33)(H,32,34). The van der Waals surface area contributed by atoms with Gasteiger partial charge in [-0.1, -0.05) is 83.9 Å². The van der Waals surface area contributed by atoms with Gasteiger partial charge < -0.3 is 20.1 Å². The summed E-state index contributed by atoms with van der Waals surface area (Å²) in [4.78, 5) is 25.4. The fourth-order valence-electron chi connectivity index (χ4n) is 5.75. The van der Waals surface area contributed by atoms with Crippen LogP contribution in [0.3, 0.4) is 0 Å². The molecule has 2 aromatic rings. The van der Waals surface area contributed by atoms with Crippen molar-refractivity contribution < 1.29 is 19.1 Å². The third kappa shape index (κ3) is 8.00. The van der Waals surface area contributed by atoms with Crippen LogP contribution in [0, 0.1) is 10.8 Å². The second-order valence-corrected chi connectivity index (χ2v) is 11.2. The van der Waals surface area contributed by atoms with Gasteiger partial charge in [-0.05, 0) is 66.2 Å². The van der Waals surface area contributed by atoms with Crippen LogP contribution in [0.15, 0.2) is 48.5 Å². The normalized spacial score (nSPS) is 20.9. The van der Waals surface area contributed by atoms with Gasteiger partial charge in [-0.15, -0.1) is 0 Å². The largest absolute Gasteiger partial charge is 0.412 e. The fourth-order valence-corrected chi connectivity index (χ4v) is 5.75. The van der Waals surface area contributed by atoms with Gasteiger partial charge in [-0.2, -0.15) is 0 Å². The molecule has 196 valence electrons. The molecule has 0 heterocycles. The third-order valence-electron chi connectivity index (χ3n) is 6.81. The summed E-state index contributed by atoms with van der Waals surface area (Å²) in [7, 11) is 0. The SMILES string of the molecule is CCCc1ccccc1OC(=O)NCC1(C)CC(NC(=O)Oc2ccccc2CCC)CC(C)(C)C1. The zero-order valence-corrected chi connectivity index (χ0v) is 22.5. The molecule has 3 rings (SSSR count). The van der Waals surface area contributed by atoms with Crippen LogP contribution in [-0.2, 0) is 12.8 Å². The molecule has 0 saturated heterocycles. The molecule has 2 unspecified atom stereocenters. The summed E-state index contributed by atoms with van der Waals surface area (Å²) in [6, 6.07) is 15.3. The van der Waals surface area contributed by atoms with Crippen LogP contribution in [0.5, 0.6) is 11.5 Å². The van der Waals surface area contributed by atoms with E-state index in [1.807, 2.05) is 48.5 Å². The Hall–Kier alpha value is -3.02. The molecule has 0 bridgehead atoms. The number of amides is 2. The van der Waals surface area contributed by atoms with E-state index in [0.717, 1.165) is 56.1 Å². The first-order valence-corrected chi connectivity index (χ1v) is 13.2. The molecule has 0 spiro atoms. The quantitative estimate of drug-likeness (QED) is 0.391. The third-order valence-corrected chi connectivity index (χ3v) is 6.81. The van der Waals surface area contributed by atoms with E-state index in [-0.39, 0.29) is 16.9 Å². The van der Waals surface area contributed by atoms with Gasteiger partial charge in [0.1, 0.15) is 11.5 Å². The summed E-state index contributed by atoms with van der Waals surface area (Å²) in [6.07, 6.45) is 5.34. The molecule has 2 aromatic carbocycles. The van der Waals surface area contributed by atoms with E-state index in [9.17, 15) is 9.59 Å². The van der Waals surface area contributed by atoms with E-state index >= 15 is 0 Å². The summed E-state index contributed by atoms with van der Waals surface area (Å²) in [6.45, 7) is 11.3. The Labute approximate surface area is 216 Å². The summed E-state index contributed by atoms with van der Waals surface area (Å²) in [5.41, 5.74) is 1.88. The lowest BCUT2D eigenvalue weighted by molar-refractivity contribution is 0.0701. The number of ether oxygens (including phenoxy) is 2.